The van der Waals surface area contributed by atoms with Crippen LogP contribution >= 0.6 is 0 Å². The highest BCUT2D eigenvalue weighted by molar-refractivity contribution is 5.79. The number of aryl methyl sites for hydroxylation is 1. The van der Waals surface area contributed by atoms with Crippen LogP contribution in [0.15, 0.2) is 40.8 Å². The molecule has 2 heterocycles. The van der Waals surface area contributed by atoms with Crippen molar-refractivity contribution in [2.45, 2.75) is 19.9 Å². The van der Waals surface area contributed by atoms with E-state index in [0.717, 1.165) is 41.7 Å². The van der Waals surface area contributed by atoms with E-state index in [1.807, 2.05) is 25.1 Å². The molecule has 3 aromatic rings. The van der Waals surface area contributed by atoms with Crippen LogP contribution in [0.2, 0.25) is 0 Å². The Kier molecular flexibility index (Phi) is 2.60. The summed E-state index contributed by atoms with van der Waals surface area (Å²) < 4.78 is 5.94. The lowest BCUT2D eigenvalue weighted by atomic mass is 9.98. The maximum absolute atomic E-state index is 5.94. The van der Waals surface area contributed by atoms with Gasteiger partial charge in [0.15, 0.2) is 5.58 Å². The number of nitrogens with one attached hydrogen (secondary N) is 1. The smallest absolute Gasteiger partial charge is 0.227 e. The SMILES string of the molecule is Cc1cccc2nc(-c3ccc4c(c3)CNCC4)oc12. The normalized spacial score (nSPS) is 14.4. The Morgan fingerprint density at radius 2 is 2.10 bits per heavy atom. The van der Waals surface area contributed by atoms with Gasteiger partial charge in [0.1, 0.15) is 5.52 Å². The summed E-state index contributed by atoms with van der Waals surface area (Å²) in [7, 11) is 0. The highest BCUT2D eigenvalue weighted by Crippen LogP contribution is 2.28. The van der Waals surface area contributed by atoms with Crippen molar-refractivity contribution in [3.63, 3.8) is 0 Å². The molecule has 20 heavy (non-hydrogen) atoms. The summed E-state index contributed by atoms with van der Waals surface area (Å²) in [6.07, 6.45) is 1.10. The lowest BCUT2D eigenvalue weighted by Crippen LogP contribution is -2.23. The molecule has 1 aromatic heterocycles. The van der Waals surface area contributed by atoms with Gasteiger partial charge in [-0.3, -0.25) is 0 Å². The summed E-state index contributed by atoms with van der Waals surface area (Å²) in [6.45, 7) is 4.05. The molecule has 3 heteroatoms. The van der Waals surface area contributed by atoms with Crippen molar-refractivity contribution in [1.29, 1.82) is 0 Å². The molecule has 0 aliphatic carbocycles. The lowest BCUT2D eigenvalue weighted by molar-refractivity contribution is 0.615. The predicted molar refractivity (Wildman–Crippen MR) is 79.6 cm³/mol. The minimum absolute atomic E-state index is 0.711. The summed E-state index contributed by atoms with van der Waals surface area (Å²) in [5, 5.41) is 3.40. The number of oxazole rings is 1. The number of aromatic nitrogens is 1. The third-order valence-electron chi connectivity index (χ3n) is 3.95. The monoisotopic (exact) mass is 264 g/mol. The zero-order valence-corrected chi connectivity index (χ0v) is 11.4. The van der Waals surface area contributed by atoms with Gasteiger partial charge in [-0.2, -0.15) is 0 Å². The number of hydrogen-bond donors (Lipinski definition) is 1. The van der Waals surface area contributed by atoms with Crippen molar-refractivity contribution in [3.8, 4) is 11.5 Å². The van der Waals surface area contributed by atoms with Crippen molar-refractivity contribution in [1.82, 2.24) is 10.3 Å². The molecular weight excluding hydrogens is 248 g/mol. The quantitative estimate of drug-likeness (QED) is 0.731. The Bertz CT molecular complexity index is 789. The van der Waals surface area contributed by atoms with Crippen LogP contribution in [0.4, 0.5) is 0 Å². The van der Waals surface area contributed by atoms with Crippen LogP contribution in [0.1, 0.15) is 16.7 Å². The van der Waals surface area contributed by atoms with E-state index < -0.39 is 0 Å². The first-order chi connectivity index (χ1) is 9.81. The second-order valence-corrected chi connectivity index (χ2v) is 5.35. The van der Waals surface area contributed by atoms with Crippen molar-refractivity contribution < 1.29 is 4.42 Å². The lowest BCUT2D eigenvalue weighted by Gasteiger charge is -2.17. The van der Waals surface area contributed by atoms with Crippen molar-refractivity contribution in [2.75, 3.05) is 6.54 Å². The van der Waals surface area contributed by atoms with Crippen molar-refractivity contribution >= 4 is 11.1 Å². The van der Waals surface area contributed by atoms with Crippen LogP contribution in [-0.2, 0) is 13.0 Å². The van der Waals surface area contributed by atoms with Crippen LogP contribution in [0.3, 0.4) is 0 Å². The molecule has 0 unspecified atom stereocenters. The van der Waals surface area contributed by atoms with Crippen molar-refractivity contribution in [2.24, 2.45) is 0 Å². The highest BCUT2D eigenvalue weighted by Gasteiger charge is 2.13. The van der Waals surface area contributed by atoms with Crippen LogP contribution in [0, 0.1) is 6.92 Å². The van der Waals surface area contributed by atoms with Gasteiger partial charge in [-0.15, -0.1) is 0 Å². The van der Waals surface area contributed by atoms with Gasteiger partial charge in [0.2, 0.25) is 5.89 Å². The maximum atomic E-state index is 5.94. The second-order valence-electron chi connectivity index (χ2n) is 5.35. The van der Waals surface area contributed by atoms with Gasteiger partial charge in [0.05, 0.1) is 0 Å². The minimum atomic E-state index is 0.711. The fourth-order valence-electron chi connectivity index (χ4n) is 2.82. The van der Waals surface area contributed by atoms with Crippen LogP contribution in [-0.4, -0.2) is 11.5 Å². The van der Waals surface area contributed by atoms with Crippen LogP contribution in [0.25, 0.3) is 22.6 Å². The molecule has 0 saturated heterocycles. The third-order valence-corrected chi connectivity index (χ3v) is 3.95. The molecule has 4 rings (SSSR count). The molecular formula is C17H16N2O. The molecule has 2 aromatic carbocycles. The first kappa shape index (κ1) is 11.7. The van der Waals surface area contributed by atoms with E-state index in [0.29, 0.717) is 5.89 Å². The summed E-state index contributed by atoms with van der Waals surface area (Å²) in [5.41, 5.74) is 6.78. The zero-order chi connectivity index (χ0) is 13.5. The number of hydrogen-bond acceptors (Lipinski definition) is 3. The van der Waals surface area contributed by atoms with Gasteiger partial charge in [0.25, 0.3) is 0 Å². The number of nitrogens with zero attached hydrogens (tertiary/aromatic N) is 1. The average molecular weight is 264 g/mol. The first-order valence-electron chi connectivity index (χ1n) is 7.00. The Morgan fingerprint density at radius 3 is 3.00 bits per heavy atom. The topological polar surface area (TPSA) is 38.1 Å². The van der Waals surface area contributed by atoms with Gasteiger partial charge >= 0.3 is 0 Å². The fraction of sp³-hybridized carbons (Fsp3) is 0.235. The average Bonchev–Trinajstić information content (AvgIpc) is 2.92. The zero-order valence-electron chi connectivity index (χ0n) is 11.4. The molecule has 1 N–H and O–H groups in total. The first-order valence-corrected chi connectivity index (χ1v) is 7.00. The van der Waals surface area contributed by atoms with E-state index in [1.165, 1.54) is 11.1 Å². The van der Waals surface area contributed by atoms with Gasteiger partial charge in [-0.1, -0.05) is 18.2 Å². The van der Waals surface area contributed by atoms with E-state index in [2.05, 4.69) is 28.5 Å². The predicted octanol–water partition coefficient (Wildman–Crippen LogP) is 3.45. The Morgan fingerprint density at radius 1 is 1.15 bits per heavy atom. The standard InChI is InChI=1S/C17H16N2O/c1-11-3-2-4-15-16(11)20-17(19-15)13-6-5-12-7-8-18-10-14(12)9-13/h2-6,9,18H,7-8,10H2,1H3. The van der Waals surface area contributed by atoms with Crippen LogP contribution in [0.5, 0.6) is 0 Å². The van der Waals surface area contributed by atoms with Crippen LogP contribution < -0.4 is 5.32 Å². The second kappa shape index (κ2) is 4.46. The molecule has 0 spiro atoms. The molecule has 0 bridgehead atoms. The molecule has 0 radical (unpaired) electrons. The van der Waals surface area contributed by atoms with E-state index in [1.54, 1.807) is 0 Å². The molecule has 1 aliphatic rings. The van der Waals surface area contributed by atoms with E-state index in [-0.39, 0.29) is 0 Å². The van der Waals surface area contributed by atoms with Gasteiger partial charge in [-0.05, 0) is 54.8 Å². The molecule has 100 valence electrons. The number of fused-ring (bicyclic) bond motifs is 2. The Hall–Kier alpha value is -2.13. The highest BCUT2D eigenvalue weighted by atomic mass is 16.3. The van der Waals surface area contributed by atoms with E-state index in [4.69, 9.17) is 4.42 Å². The Balaban J connectivity index is 1.84. The van der Waals surface area contributed by atoms with Gasteiger partial charge in [0, 0.05) is 12.1 Å². The minimum Gasteiger partial charge on any atom is -0.436 e. The Labute approximate surface area is 117 Å². The molecule has 0 saturated carbocycles. The summed E-state index contributed by atoms with van der Waals surface area (Å²) in [6, 6.07) is 12.6. The molecule has 1 aliphatic heterocycles. The maximum Gasteiger partial charge on any atom is 0.227 e. The molecule has 0 amide bonds. The summed E-state index contributed by atoms with van der Waals surface area (Å²) >= 11 is 0. The largest absolute Gasteiger partial charge is 0.436 e. The molecule has 0 fully saturated rings. The third kappa shape index (κ3) is 1.82. The van der Waals surface area contributed by atoms with E-state index >= 15 is 0 Å². The summed E-state index contributed by atoms with van der Waals surface area (Å²) in [4.78, 5) is 4.61. The molecule has 3 nitrogen and oxygen atoms in total. The van der Waals surface area contributed by atoms with Gasteiger partial charge in [-0.25, -0.2) is 4.98 Å². The number of para-hydroxylation sites is 1. The molecule has 0 atom stereocenters. The van der Waals surface area contributed by atoms with Crippen molar-refractivity contribution in [3.05, 3.63) is 53.1 Å². The number of rotatable bonds is 1. The fourth-order valence-corrected chi connectivity index (χ4v) is 2.82. The number of benzene rings is 2. The summed E-state index contributed by atoms with van der Waals surface area (Å²) in [5.74, 6) is 0.711. The van der Waals surface area contributed by atoms with Gasteiger partial charge < -0.3 is 9.73 Å². The van der Waals surface area contributed by atoms with E-state index in [9.17, 15) is 0 Å².